The molecule has 2 aliphatic heterocycles. The summed E-state index contributed by atoms with van der Waals surface area (Å²) in [6, 6.07) is -0.671. The number of amides is 1. The van der Waals surface area contributed by atoms with Gasteiger partial charge in [0.05, 0.1) is 6.42 Å². The Hall–Kier alpha value is -2.38. The average Bonchev–Trinajstić information content (AvgIpc) is 3.05. The number of carboxylic acids is 2. The molecule has 0 aromatic carbocycles. The van der Waals surface area contributed by atoms with Crippen LogP contribution in [0.15, 0.2) is 22.5 Å². The Morgan fingerprint density at radius 1 is 1.42 bits per heavy atom. The smallest absolute Gasteiger partial charge is 0.352 e. The van der Waals surface area contributed by atoms with Crippen molar-refractivity contribution in [1.82, 2.24) is 25.1 Å². The summed E-state index contributed by atoms with van der Waals surface area (Å²) in [5.74, 6) is -1.85. The van der Waals surface area contributed by atoms with Gasteiger partial charge in [0.2, 0.25) is 11.1 Å². The largest absolute Gasteiger partial charge is 0.481 e. The molecule has 0 radical (unpaired) electrons. The quantitative estimate of drug-likeness (QED) is 0.392. The molecule has 4 N–H and O–H groups in total. The van der Waals surface area contributed by atoms with Crippen LogP contribution in [0.5, 0.6) is 0 Å². The second-order valence-corrected chi connectivity index (χ2v) is 7.42. The zero-order chi connectivity index (χ0) is 18.8. The fourth-order valence-corrected chi connectivity index (χ4v) is 4.76. The fraction of sp³-hybridized carbons (Fsp3) is 0.385. The number of fused-ring (bicyclic) bond motifs is 1. The number of aliphatic carboxylic acids is 2. The van der Waals surface area contributed by atoms with Crippen molar-refractivity contribution < 1.29 is 24.6 Å². The first-order chi connectivity index (χ1) is 12.4. The molecule has 138 valence electrons. The van der Waals surface area contributed by atoms with E-state index >= 15 is 0 Å². The number of nitrogens with two attached hydrogens (primary N) is 1. The Labute approximate surface area is 155 Å². The number of hydrogen-bond acceptors (Lipinski definition) is 9. The van der Waals surface area contributed by atoms with Gasteiger partial charge < -0.3 is 15.9 Å². The summed E-state index contributed by atoms with van der Waals surface area (Å²) in [6.07, 6.45) is 2.64. The Morgan fingerprint density at radius 2 is 2.19 bits per heavy atom. The topological polar surface area (TPSA) is 165 Å². The number of carboxylic acid groups (broad SMARTS) is 2. The molecule has 3 heterocycles. The molecular weight excluding hydrogens is 384 g/mol. The van der Waals surface area contributed by atoms with Crippen LogP contribution in [0.25, 0.3) is 6.20 Å². The number of thioether (sulfide) groups is 2. The van der Waals surface area contributed by atoms with Gasteiger partial charge in [0, 0.05) is 17.7 Å². The molecule has 1 aromatic heterocycles. The standard InChI is InChI=1S/C13H14N6O5S2/c14-8-10(22)19-9(12(23)24)6(4-25-11(8)19)5-26-13-15-16-17-18(13)3-1-2-7(20)21/h1,3,8,11H,2,4-5,14H2,(H,20,21)(H,23,24)/b3-1+/t8?,11-/m1/s1. The van der Waals surface area contributed by atoms with Gasteiger partial charge in [-0.15, -0.1) is 16.9 Å². The number of hydrogen-bond donors (Lipinski definition) is 3. The number of aromatic nitrogens is 4. The summed E-state index contributed by atoms with van der Waals surface area (Å²) < 4.78 is 1.30. The molecule has 0 aliphatic carbocycles. The highest BCUT2D eigenvalue weighted by atomic mass is 32.2. The van der Waals surface area contributed by atoms with Crippen LogP contribution in [-0.4, -0.2) is 76.1 Å². The highest BCUT2D eigenvalue weighted by Crippen LogP contribution is 2.40. The van der Waals surface area contributed by atoms with E-state index in [1.54, 1.807) is 0 Å². The SMILES string of the molecule is NC1C(=O)N2C(C(=O)O)=C(CSc3nnnn3/C=C/CC(=O)O)CS[C@H]12. The van der Waals surface area contributed by atoms with Gasteiger partial charge in [-0.2, -0.15) is 4.68 Å². The van der Waals surface area contributed by atoms with Crippen molar-refractivity contribution in [2.75, 3.05) is 11.5 Å². The lowest BCUT2D eigenvalue weighted by molar-refractivity contribution is -0.147. The van der Waals surface area contributed by atoms with E-state index in [9.17, 15) is 19.5 Å². The van der Waals surface area contributed by atoms with Gasteiger partial charge >= 0.3 is 11.9 Å². The molecule has 1 amide bonds. The number of carbonyl (C=O) groups excluding carboxylic acids is 1. The van der Waals surface area contributed by atoms with E-state index in [0.29, 0.717) is 16.5 Å². The number of carbonyl (C=O) groups is 3. The molecule has 0 spiro atoms. The monoisotopic (exact) mass is 398 g/mol. The summed E-state index contributed by atoms with van der Waals surface area (Å²) in [7, 11) is 0. The molecule has 1 aromatic rings. The second kappa shape index (κ2) is 7.47. The van der Waals surface area contributed by atoms with Crippen molar-refractivity contribution in [3.63, 3.8) is 0 Å². The molecular formula is C13H14N6O5S2. The van der Waals surface area contributed by atoms with Crippen LogP contribution < -0.4 is 5.73 Å². The van der Waals surface area contributed by atoms with Crippen LogP contribution in [0.4, 0.5) is 0 Å². The van der Waals surface area contributed by atoms with Crippen LogP contribution >= 0.6 is 23.5 Å². The van der Waals surface area contributed by atoms with Crippen LogP contribution in [0, 0.1) is 0 Å². The first-order valence-corrected chi connectivity index (χ1v) is 9.38. The van der Waals surface area contributed by atoms with E-state index < -0.39 is 23.9 Å². The summed E-state index contributed by atoms with van der Waals surface area (Å²) in [5, 5.41) is 29.2. The van der Waals surface area contributed by atoms with E-state index in [1.807, 2.05) is 0 Å². The maximum atomic E-state index is 11.9. The molecule has 1 unspecified atom stereocenters. The summed E-state index contributed by atoms with van der Waals surface area (Å²) in [6.45, 7) is 0. The maximum Gasteiger partial charge on any atom is 0.352 e. The predicted molar refractivity (Wildman–Crippen MR) is 91.9 cm³/mol. The third kappa shape index (κ3) is 3.45. The summed E-state index contributed by atoms with van der Waals surface area (Å²) >= 11 is 2.61. The van der Waals surface area contributed by atoms with Gasteiger partial charge in [-0.25, -0.2) is 4.79 Å². The number of rotatable bonds is 7. The third-order valence-corrected chi connectivity index (χ3v) is 6.05. The molecule has 2 atom stereocenters. The molecule has 26 heavy (non-hydrogen) atoms. The van der Waals surface area contributed by atoms with Crippen molar-refractivity contribution in [3.05, 3.63) is 17.3 Å². The fourth-order valence-electron chi connectivity index (χ4n) is 2.47. The van der Waals surface area contributed by atoms with Gasteiger partial charge in [0.25, 0.3) is 0 Å². The number of β-lactam (4-membered cyclic amide) rings is 1. The van der Waals surface area contributed by atoms with E-state index in [2.05, 4.69) is 15.5 Å². The maximum absolute atomic E-state index is 11.9. The van der Waals surface area contributed by atoms with E-state index in [-0.39, 0.29) is 23.2 Å². The Bertz CT molecular complexity index is 822. The van der Waals surface area contributed by atoms with Crippen LogP contribution in [0.3, 0.4) is 0 Å². The van der Waals surface area contributed by atoms with Crippen molar-refractivity contribution >= 4 is 47.6 Å². The van der Waals surface area contributed by atoms with Gasteiger partial charge in [0.15, 0.2) is 0 Å². The molecule has 1 saturated heterocycles. The first kappa shape index (κ1) is 18.4. The predicted octanol–water partition coefficient (Wildman–Crippen LogP) is -0.708. The van der Waals surface area contributed by atoms with Gasteiger partial charge in [-0.1, -0.05) is 17.8 Å². The lowest BCUT2D eigenvalue weighted by Gasteiger charge is -2.48. The van der Waals surface area contributed by atoms with E-state index in [4.69, 9.17) is 10.8 Å². The minimum absolute atomic E-state index is 0.0339. The molecule has 1 fully saturated rings. The zero-order valence-corrected chi connectivity index (χ0v) is 14.8. The van der Waals surface area contributed by atoms with Crippen LogP contribution in [0.2, 0.25) is 0 Å². The lowest BCUT2D eigenvalue weighted by Crippen LogP contribution is -2.68. The molecule has 2 aliphatic rings. The highest BCUT2D eigenvalue weighted by molar-refractivity contribution is 8.01. The summed E-state index contributed by atoms with van der Waals surface area (Å²) in [4.78, 5) is 35.3. The number of tetrazole rings is 1. The van der Waals surface area contributed by atoms with Gasteiger partial charge in [-0.3, -0.25) is 14.5 Å². The first-order valence-electron chi connectivity index (χ1n) is 7.35. The minimum Gasteiger partial charge on any atom is -0.481 e. The summed E-state index contributed by atoms with van der Waals surface area (Å²) in [5.41, 5.74) is 6.25. The second-order valence-electron chi connectivity index (χ2n) is 5.37. The molecule has 13 heteroatoms. The van der Waals surface area contributed by atoms with Crippen molar-refractivity contribution in [3.8, 4) is 0 Å². The van der Waals surface area contributed by atoms with E-state index in [1.165, 1.54) is 45.4 Å². The number of nitrogens with zero attached hydrogens (tertiary/aromatic N) is 5. The lowest BCUT2D eigenvalue weighted by atomic mass is 10.0. The Morgan fingerprint density at radius 3 is 2.88 bits per heavy atom. The molecule has 11 nitrogen and oxygen atoms in total. The Balaban J connectivity index is 1.74. The Kier molecular flexibility index (Phi) is 5.29. The molecule has 0 bridgehead atoms. The van der Waals surface area contributed by atoms with Crippen molar-refractivity contribution in [1.29, 1.82) is 0 Å². The van der Waals surface area contributed by atoms with Crippen molar-refractivity contribution in [2.24, 2.45) is 5.73 Å². The highest BCUT2D eigenvalue weighted by Gasteiger charge is 2.51. The van der Waals surface area contributed by atoms with Gasteiger partial charge in [0.1, 0.15) is 17.1 Å². The average molecular weight is 398 g/mol. The van der Waals surface area contributed by atoms with Crippen LogP contribution in [-0.2, 0) is 14.4 Å². The van der Waals surface area contributed by atoms with Gasteiger partial charge in [-0.05, 0) is 16.0 Å². The van der Waals surface area contributed by atoms with Crippen molar-refractivity contribution in [2.45, 2.75) is 23.0 Å². The third-order valence-electron chi connectivity index (χ3n) is 3.67. The molecule has 3 rings (SSSR count). The minimum atomic E-state index is -1.17. The normalized spacial score (nSPS) is 22.5. The zero-order valence-electron chi connectivity index (χ0n) is 13.2. The molecule has 0 saturated carbocycles. The van der Waals surface area contributed by atoms with E-state index in [0.717, 1.165) is 0 Å². The van der Waals surface area contributed by atoms with Crippen LogP contribution in [0.1, 0.15) is 6.42 Å².